The van der Waals surface area contributed by atoms with Crippen LogP contribution >= 0.6 is 0 Å². The zero-order valence-electron chi connectivity index (χ0n) is 12.2. The number of fused-ring (bicyclic) bond motifs is 5. The lowest BCUT2D eigenvalue weighted by atomic mass is 9.79. The molecule has 3 saturated carbocycles. The van der Waals surface area contributed by atoms with Crippen molar-refractivity contribution in [2.45, 2.75) is 51.1 Å². The quantitative estimate of drug-likeness (QED) is 0.865. The maximum Gasteiger partial charge on any atom is 0.123 e. The van der Waals surface area contributed by atoms with Gasteiger partial charge in [-0.25, -0.2) is 4.39 Å². The van der Waals surface area contributed by atoms with E-state index in [0.29, 0.717) is 12.1 Å². The Labute approximate surface area is 121 Å². The summed E-state index contributed by atoms with van der Waals surface area (Å²) >= 11 is 0. The average Bonchev–Trinajstić information content (AvgIpc) is 3.11. The van der Waals surface area contributed by atoms with Gasteiger partial charge in [-0.1, -0.05) is 18.6 Å². The minimum atomic E-state index is -0.144. The van der Waals surface area contributed by atoms with Crippen molar-refractivity contribution >= 4 is 0 Å². The van der Waals surface area contributed by atoms with Crippen molar-refractivity contribution in [1.82, 2.24) is 5.32 Å². The largest absolute Gasteiger partial charge is 0.307 e. The number of hydrogen-bond acceptors (Lipinski definition) is 1. The molecule has 1 aromatic rings. The first-order chi connectivity index (χ1) is 9.72. The molecule has 6 atom stereocenters. The maximum atomic E-state index is 13.0. The van der Waals surface area contributed by atoms with Gasteiger partial charge < -0.3 is 5.32 Å². The van der Waals surface area contributed by atoms with Crippen LogP contribution in [0.1, 0.15) is 50.6 Å². The van der Waals surface area contributed by atoms with Gasteiger partial charge in [-0.3, -0.25) is 0 Å². The Morgan fingerprint density at radius 3 is 2.60 bits per heavy atom. The molecule has 1 nitrogen and oxygen atoms in total. The Kier molecular flexibility index (Phi) is 3.10. The van der Waals surface area contributed by atoms with Crippen molar-refractivity contribution in [3.63, 3.8) is 0 Å². The third-order valence-electron chi connectivity index (χ3n) is 6.26. The van der Waals surface area contributed by atoms with Crippen LogP contribution in [0.15, 0.2) is 24.3 Å². The van der Waals surface area contributed by atoms with E-state index >= 15 is 0 Å². The van der Waals surface area contributed by atoms with Gasteiger partial charge in [-0.05, 0) is 74.0 Å². The predicted molar refractivity (Wildman–Crippen MR) is 78.8 cm³/mol. The highest BCUT2D eigenvalue weighted by atomic mass is 19.1. The number of halogens is 1. The van der Waals surface area contributed by atoms with Gasteiger partial charge in [0.1, 0.15) is 5.82 Å². The fraction of sp³-hybridized carbons (Fsp3) is 0.667. The SMILES string of the molecule is C[C@@H](NC1CC2CC1C1CCCC21)c1ccc(F)cc1. The van der Waals surface area contributed by atoms with Crippen LogP contribution in [0.5, 0.6) is 0 Å². The molecule has 108 valence electrons. The first kappa shape index (κ1) is 12.8. The van der Waals surface area contributed by atoms with Gasteiger partial charge in [-0.2, -0.15) is 0 Å². The molecule has 0 aliphatic heterocycles. The maximum absolute atomic E-state index is 13.0. The first-order valence-corrected chi connectivity index (χ1v) is 8.24. The number of nitrogens with one attached hydrogen (secondary N) is 1. The smallest absolute Gasteiger partial charge is 0.123 e. The second kappa shape index (κ2) is 4.84. The Balaban J connectivity index is 1.44. The van der Waals surface area contributed by atoms with Crippen LogP contribution < -0.4 is 5.32 Å². The van der Waals surface area contributed by atoms with E-state index in [9.17, 15) is 4.39 Å². The molecular weight excluding hydrogens is 249 g/mol. The molecule has 0 radical (unpaired) electrons. The van der Waals surface area contributed by atoms with E-state index in [0.717, 1.165) is 23.7 Å². The molecule has 2 heteroatoms. The summed E-state index contributed by atoms with van der Waals surface area (Å²) in [5.41, 5.74) is 1.21. The Morgan fingerprint density at radius 1 is 1.05 bits per heavy atom. The third kappa shape index (κ3) is 2.00. The summed E-state index contributed by atoms with van der Waals surface area (Å²) in [6.07, 6.45) is 7.25. The average molecular weight is 273 g/mol. The summed E-state index contributed by atoms with van der Waals surface area (Å²) in [5.74, 6) is 3.82. The van der Waals surface area contributed by atoms with Crippen molar-refractivity contribution in [3.8, 4) is 0 Å². The van der Waals surface area contributed by atoms with Crippen LogP contribution in [0, 0.1) is 29.5 Å². The lowest BCUT2D eigenvalue weighted by Crippen LogP contribution is -2.40. The molecular formula is C18H24FN. The molecule has 0 saturated heterocycles. The minimum Gasteiger partial charge on any atom is -0.307 e. The zero-order chi connectivity index (χ0) is 13.7. The fourth-order valence-electron chi connectivity index (χ4n) is 5.43. The third-order valence-corrected chi connectivity index (χ3v) is 6.26. The zero-order valence-corrected chi connectivity index (χ0v) is 12.2. The summed E-state index contributed by atoms with van der Waals surface area (Å²) in [4.78, 5) is 0. The highest BCUT2D eigenvalue weighted by Crippen LogP contribution is 2.58. The molecule has 0 amide bonds. The Bertz CT molecular complexity index is 483. The topological polar surface area (TPSA) is 12.0 Å². The Hall–Kier alpha value is -0.890. The molecule has 3 aliphatic carbocycles. The molecule has 0 spiro atoms. The summed E-state index contributed by atoms with van der Waals surface area (Å²) in [7, 11) is 0. The van der Waals surface area contributed by atoms with Gasteiger partial charge >= 0.3 is 0 Å². The van der Waals surface area contributed by atoms with Gasteiger partial charge in [0.2, 0.25) is 0 Å². The highest BCUT2D eigenvalue weighted by molar-refractivity contribution is 5.20. The van der Waals surface area contributed by atoms with Crippen LogP contribution in [-0.4, -0.2) is 6.04 Å². The summed E-state index contributed by atoms with van der Waals surface area (Å²) in [6.45, 7) is 2.21. The number of benzene rings is 1. The standard InChI is InChI=1S/C18H24FN/c1-11(12-5-7-14(19)8-6-12)20-18-10-13-9-17(18)16-4-2-3-15(13)16/h5-8,11,13,15-18,20H,2-4,9-10H2,1H3/t11-,13?,15?,16?,17?,18?/m1/s1. The van der Waals surface area contributed by atoms with Gasteiger partial charge in [0.25, 0.3) is 0 Å². The molecule has 0 heterocycles. The van der Waals surface area contributed by atoms with Crippen LogP contribution in [0.2, 0.25) is 0 Å². The molecule has 0 aromatic heterocycles. The van der Waals surface area contributed by atoms with Crippen LogP contribution in [0.3, 0.4) is 0 Å². The van der Waals surface area contributed by atoms with E-state index < -0.39 is 0 Å². The first-order valence-electron chi connectivity index (χ1n) is 8.24. The summed E-state index contributed by atoms with van der Waals surface area (Å²) in [5, 5.41) is 3.84. The number of hydrogen-bond donors (Lipinski definition) is 1. The van der Waals surface area contributed by atoms with E-state index in [2.05, 4.69) is 12.2 Å². The molecule has 3 aliphatic rings. The van der Waals surface area contributed by atoms with E-state index in [1.165, 1.54) is 37.7 Å². The molecule has 3 fully saturated rings. The molecule has 1 aromatic carbocycles. The Morgan fingerprint density at radius 2 is 1.80 bits per heavy atom. The van der Waals surface area contributed by atoms with Crippen molar-refractivity contribution in [3.05, 3.63) is 35.6 Å². The van der Waals surface area contributed by atoms with E-state index in [4.69, 9.17) is 0 Å². The number of rotatable bonds is 3. The molecule has 20 heavy (non-hydrogen) atoms. The second-order valence-electron chi connectivity index (χ2n) is 7.20. The summed E-state index contributed by atoms with van der Waals surface area (Å²) < 4.78 is 13.0. The van der Waals surface area contributed by atoms with Gasteiger partial charge in [0.05, 0.1) is 0 Å². The van der Waals surface area contributed by atoms with Crippen LogP contribution in [0.25, 0.3) is 0 Å². The summed E-state index contributed by atoms with van der Waals surface area (Å²) in [6, 6.07) is 8.00. The van der Waals surface area contributed by atoms with Gasteiger partial charge in [0.15, 0.2) is 0 Å². The fourth-order valence-corrected chi connectivity index (χ4v) is 5.43. The van der Waals surface area contributed by atoms with Crippen molar-refractivity contribution < 1.29 is 4.39 Å². The lowest BCUT2D eigenvalue weighted by Gasteiger charge is -2.34. The molecule has 4 rings (SSSR count). The van der Waals surface area contributed by atoms with E-state index in [1.807, 2.05) is 12.1 Å². The van der Waals surface area contributed by atoms with Crippen molar-refractivity contribution in [2.75, 3.05) is 0 Å². The van der Waals surface area contributed by atoms with Crippen molar-refractivity contribution in [2.24, 2.45) is 23.7 Å². The van der Waals surface area contributed by atoms with Crippen molar-refractivity contribution in [1.29, 1.82) is 0 Å². The normalized spacial score (nSPS) is 40.0. The lowest BCUT2D eigenvalue weighted by molar-refractivity contribution is 0.200. The molecule has 2 bridgehead atoms. The second-order valence-corrected chi connectivity index (χ2v) is 7.20. The van der Waals surface area contributed by atoms with Crippen LogP contribution in [-0.2, 0) is 0 Å². The van der Waals surface area contributed by atoms with Gasteiger partial charge in [0, 0.05) is 12.1 Å². The van der Waals surface area contributed by atoms with Gasteiger partial charge in [-0.15, -0.1) is 0 Å². The molecule has 1 N–H and O–H groups in total. The van der Waals surface area contributed by atoms with Crippen LogP contribution in [0.4, 0.5) is 4.39 Å². The predicted octanol–water partition coefficient (Wildman–Crippen LogP) is 4.30. The minimum absolute atomic E-state index is 0.144. The molecule has 5 unspecified atom stereocenters. The monoisotopic (exact) mass is 273 g/mol. The highest BCUT2D eigenvalue weighted by Gasteiger charge is 2.53. The van der Waals surface area contributed by atoms with E-state index in [-0.39, 0.29) is 5.82 Å². The van der Waals surface area contributed by atoms with E-state index in [1.54, 1.807) is 12.1 Å².